The molecule has 1 atom stereocenters. The van der Waals surface area contributed by atoms with E-state index in [2.05, 4.69) is 12.1 Å². The van der Waals surface area contributed by atoms with Gasteiger partial charge in [0, 0.05) is 0 Å². The molecule has 0 N–H and O–H groups in total. The molecule has 0 heterocycles. The number of hydrogen-bond acceptors (Lipinski definition) is 1. The Kier molecular flexibility index (Phi) is 5.76. The molecule has 0 radical (unpaired) electrons. The van der Waals surface area contributed by atoms with Crippen molar-refractivity contribution in [1.82, 2.24) is 0 Å². The average Bonchev–Trinajstić information content (AvgIpc) is 2.05. The Bertz CT molecular complexity index is 191. The third kappa shape index (κ3) is 3.33. The van der Waals surface area contributed by atoms with Crippen molar-refractivity contribution in [1.29, 1.82) is 0 Å². The van der Waals surface area contributed by atoms with Crippen molar-refractivity contribution in [3.8, 4) is 0 Å². The van der Waals surface area contributed by atoms with E-state index in [1.807, 2.05) is 18.2 Å². The van der Waals surface area contributed by atoms with Crippen LogP contribution < -0.4 is 12.4 Å². The van der Waals surface area contributed by atoms with Gasteiger partial charge in [0.25, 0.3) is 0 Å². The summed E-state index contributed by atoms with van der Waals surface area (Å²) in [6.45, 7) is 0. The number of rotatable bonds is 2. The van der Waals surface area contributed by atoms with E-state index in [0.29, 0.717) is 4.70 Å². The largest absolute Gasteiger partial charge is 1.00 e. The van der Waals surface area contributed by atoms with Crippen molar-refractivity contribution in [2.45, 2.75) is 4.70 Å². The maximum atomic E-state index is 5.19. The summed E-state index contributed by atoms with van der Waals surface area (Å²) in [6.07, 6.45) is 0. The number of halogens is 1. The van der Waals surface area contributed by atoms with E-state index >= 15 is 0 Å². The third-order valence-electron chi connectivity index (χ3n) is 1.46. The fourth-order valence-electron chi connectivity index (χ4n) is 0.804. The van der Waals surface area contributed by atoms with Gasteiger partial charge in [0.15, 0.2) is 0 Å². The fourth-order valence-corrected chi connectivity index (χ4v) is 1.37. The van der Waals surface area contributed by atoms with Crippen molar-refractivity contribution in [3.05, 3.63) is 35.9 Å². The van der Waals surface area contributed by atoms with Crippen LogP contribution in [-0.2, 0) is 23.0 Å². The first kappa shape index (κ1) is 11.1. The van der Waals surface area contributed by atoms with E-state index < -0.39 is 0 Å². The molecular weight excluding hydrogens is 213 g/mol. The molecule has 56 valence electrons. The van der Waals surface area contributed by atoms with Crippen LogP contribution in [0.25, 0.3) is 0 Å². The molecule has 0 aliphatic heterocycles. The molecule has 0 saturated carbocycles. The minimum atomic E-state index is 0. The van der Waals surface area contributed by atoms with Crippen molar-refractivity contribution in [2.75, 3.05) is 7.11 Å². The zero-order valence-corrected chi connectivity index (χ0v) is 10.2. The molecule has 1 nitrogen and oxygen atoms in total. The first-order valence-electron chi connectivity index (χ1n) is 3.25. The van der Waals surface area contributed by atoms with Crippen LogP contribution in [0.5, 0.6) is 0 Å². The van der Waals surface area contributed by atoms with Crippen molar-refractivity contribution in [3.63, 3.8) is 0 Å². The second-order valence-corrected chi connectivity index (χ2v) is 3.69. The van der Waals surface area contributed by atoms with Gasteiger partial charge < -0.3 is 12.4 Å². The number of methoxy groups -OCH3 is 1. The number of ether oxygens (including phenoxy) is 1. The van der Waals surface area contributed by atoms with Crippen molar-refractivity contribution < 1.29 is 35.4 Å². The Hall–Kier alpha value is 0.0934. The van der Waals surface area contributed by atoms with Gasteiger partial charge in [-0.25, -0.2) is 0 Å². The van der Waals surface area contributed by atoms with E-state index in [9.17, 15) is 0 Å². The Balaban J connectivity index is 0.000001000. The number of benzene rings is 1. The SMILES string of the molecule is CO[CH]([Zn+])c1ccccc1.[Cl-]. The molecule has 1 unspecified atom stereocenters. The molecule has 1 aromatic carbocycles. The van der Waals surface area contributed by atoms with Crippen LogP contribution in [0.1, 0.15) is 10.3 Å². The molecule has 0 amide bonds. The Labute approximate surface area is 83.2 Å². The Morgan fingerprint density at radius 1 is 1.27 bits per heavy atom. The van der Waals surface area contributed by atoms with Gasteiger partial charge in [-0.05, 0) is 0 Å². The van der Waals surface area contributed by atoms with Gasteiger partial charge in [0.1, 0.15) is 0 Å². The summed E-state index contributed by atoms with van der Waals surface area (Å²) in [5, 5.41) is 0. The van der Waals surface area contributed by atoms with Crippen molar-refractivity contribution in [2.24, 2.45) is 0 Å². The maximum Gasteiger partial charge on any atom is -1.00 e. The minimum Gasteiger partial charge on any atom is -1.00 e. The summed E-state index contributed by atoms with van der Waals surface area (Å²) in [6, 6.07) is 10.3. The topological polar surface area (TPSA) is 9.23 Å². The quantitative estimate of drug-likeness (QED) is 0.576. The monoisotopic (exact) mass is 220 g/mol. The molecular formula is C8H9ClOZn. The normalized spacial score (nSPS) is 11.9. The van der Waals surface area contributed by atoms with Crippen LogP contribution in [0.15, 0.2) is 30.3 Å². The molecule has 0 saturated heterocycles. The second kappa shape index (κ2) is 5.71. The summed E-state index contributed by atoms with van der Waals surface area (Å²) in [4.78, 5) is 0. The van der Waals surface area contributed by atoms with E-state index in [-0.39, 0.29) is 12.4 Å². The molecule has 0 bridgehead atoms. The van der Waals surface area contributed by atoms with Gasteiger partial charge in [-0.3, -0.25) is 0 Å². The molecule has 0 fully saturated rings. The molecule has 1 rings (SSSR count). The van der Waals surface area contributed by atoms with Gasteiger partial charge >= 0.3 is 70.7 Å². The standard InChI is InChI=1S/C8H9O.ClH.Zn/c1-9-7-8-5-3-2-4-6-8;;/h2-7H,1H3;1H;/q;;+1/p-1. The average molecular weight is 222 g/mol. The summed E-state index contributed by atoms with van der Waals surface area (Å²) >= 11 is 1.15. The summed E-state index contributed by atoms with van der Waals surface area (Å²) in [7, 11) is 1.75. The predicted molar refractivity (Wildman–Crippen MR) is 36.2 cm³/mol. The Morgan fingerprint density at radius 3 is 2.27 bits per heavy atom. The van der Waals surface area contributed by atoms with E-state index in [0.717, 1.165) is 18.3 Å². The van der Waals surface area contributed by atoms with Gasteiger partial charge in [-0.1, -0.05) is 0 Å². The molecule has 1 aromatic rings. The smallest absolute Gasteiger partial charge is 1.00 e. The van der Waals surface area contributed by atoms with Crippen LogP contribution in [0.4, 0.5) is 0 Å². The van der Waals surface area contributed by atoms with Gasteiger partial charge in [-0.15, -0.1) is 0 Å². The third-order valence-corrected chi connectivity index (χ3v) is 3.14. The van der Waals surface area contributed by atoms with Gasteiger partial charge in [0.2, 0.25) is 0 Å². The van der Waals surface area contributed by atoms with Crippen molar-refractivity contribution >= 4 is 0 Å². The number of hydrogen-bond donors (Lipinski definition) is 0. The fraction of sp³-hybridized carbons (Fsp3) is 0.250. The summed E-state index contributed by atoms with van der Waals surface area (Å²) < 4.78 is 5.53. The van der Waals surface area contributed by atoms with E-state index in [1.54, 1.807) is 7.11 Å². The second-order valence-electron chi connectivity index (χ2n) is 2.14. The van der Waals surface area contributed by atoms with E-state index in [4.69, 9.17) is 4.74 Å². The summed E-state index contributed by atoms with van der Waals surface area (Å²) in [5.41, 5.74) is 1.28. The minimum absolute atomic E-state index is 0. The molecule has 0 aliphatic carbocycles. The molecule has 11 heavy (non-hydrogen) atoms. The maximum absolute atomic E-state index is 5.19. The van der Waals surface area contributed by atoms with Gasteiger partial charge in [0.05, 0.1) is 0 Å². The zero-order chi connectivity index (χ0) is 7.40. The van der Waals surface area contributed by atoms with Crippen LogP contribution in [0.2, 0.25) is 0 Å². The first-order valence-corrected chi connectivity index (χ1v) is 4.96. The van der Waals surface area contributed by atoms with E-state index in [1.165, 1.54) is 5.56 Å². The zero-order valence-electron chi connectivity index (χ0n) is 6.46. The van der Waals surface area contributed by atoms with Crippen LogP contribution in [0.3, 0.4) is 0 Å². The predicted octanol–water partition coefficient (Wildman–Crippen LogP) is -1.12. The molecule has 3 heteroatoms. The summed E-state index contributed by atoms with van der Waals surface area (Å²) in [5.74, 6) is 0. The van der Waals surface area contributed by atoms with Crippen LogP contribution in [0, 0.1) is 0 Å². The van der Waals surface area contributed by atoms with Gasteiger partial charge in [-0.2, -0.15) is 0 Å². The van der Waals surface area contributed by atoms with Crippen LogP contribution in [-0.4, -0.2) is 7.11 Å². The molecule has 0 aromatic heterocycles. The van der Waals surface area contributed by atoms with Crippen LogP contribution >= 0.6 is 0 Å². The Morgan fingerprint density at radius 2 is 1.82 bits per heavy atom. The first-order chi connectivity index (χ1) is 4.84. The molecule has 0 aliphatic rings. The molecule has 0 spiro atoms.